The summed E-state index contributed by atoms with van der Waals surface area (Å²) < 4.78 is 0.587. The molecule has 3 aromatic rings. The zero-order valence-corrected chi connectivity index (χ0v) is 14.6. The molecule has 0 bridgehead atoms. The van der Waals surface area contributed by atoms with E-state index >= 15 is 0 Å². The molecule has 0 aliphatic carbocycles. The molecule has 0 saturated carbocycles. The quantitative estimate of drug-likeness (QED) is 0.371. The summed E-state index contributed by atoms with van der Waals surface area (Å²) in [6, 6.07) is 11.7. The lowest BCUT2D eigenvalue weighted by atomic mass is 10.1. The van der Waals surface area contributed by atoms with Crippen molar-refractivity contribution in [2.75, 3.05) is 5.32 Å². The van der Waals surface area contributed by atoms with Gasteiger partial charge in [0.25, 0.3) is 5.69 Å². The second kappa shape index (κ2) is 7.00. The smallest absolute Gasteiger partial charge is 0.293 e. The Morgan fingerprint density at radius 3 is 2.72 bits per heavy atom. The lowest BCUT2D eigenvalue weighted by molar-refractivity contribution is -0.383. The number of aromatic nitrogens is 1. The summed E-state index contributed by atoms with van der Waals surface area (Å²) in [5.74, 6) is -0.225. The minimum Gasteiger partial charge on any atom is -0.350 e. The number of benzene rings is 2. The highest BCUT2D eigenvalue weighted by atomic mass is 35.5. The molecule has 25 heavy (non-hydrogen) atoms. The third-order valence-electron chi connectivity index (χ3n) is 3.47. The highest BCUT2D eigenvalue weighted by molar-refractivity contribution is 7.18. The van der Waals surface area contributed by atoms with Crippen LogP contribution in [-0.4, -0.2) is 15.7 Å². The number of carbonyl (C=O) groups is 1. The van der Waals surface area contributed by atoms with Crippen LogP contribution < -0.4 is 5.32 Å². The van der Waals surface area contributed by atoms with Gasteiger partial charge in [0.05, 0.1) is 11.1 Å². The van der Waals surface area contributed by atoms with Crippen molar-refractivity contribution >= 4 is 45.8 Å². The molecule has 0 amide bonds. The van der Waals surface area contributed by atoms with Gasteiger partial charge in [-0.1, -0.05) is 23.7 Å². The van der Waals surface area contributed by atoms with Crippen LogP contribution in [0.25, 0.3) is 10.6 Å². The monoisotopic (exact) mass is 373 g/mol. The van der Waals surface area contributed by atoms with Crippen LogP contribution in [-0.2, 0) is 0 Å². The van der Waals surface area contributed by atoms with Gasteiger partial charge in [-0.25, -0.2) is 4.98 Å². The Morgan fingerprint density at radius 2 is 2.08 bits per heavy atom. The average molecular weight is 374 g/mol. The summed E-state index contributed by atoms with van der Waals surface area (Å²) in [5.41, 5.74) is 1.97. The van der Waals surface area contributed by atoms with E-state index in [0.29, 0.717) is 21.3 Å². The van der Waals surface area contributed by atoms with Gasteiger partial charge in [0.2, 0.25) is 0 Å². The summed E-state index contributed by atoms with van der Waals surface area (Å²) in [4.78, 5) is 26.5. The molecular weight excluding hydrogens is 362 g/mol. The predicted molar refractivity (Wildman–Crippen MR) is 98.9 cm³/mol. The Hall–Kier alpha value is -2.77. The van der Waals surface area contributed by atoms with Crippen LogP contribution >= 0.6 is 22.9 Å². The first-order valence-electron chi connectivity index (χ1n) is 7.22. The van der Waals surface area contributed by atoms with E-state index in [1.165, 1.54) is 30.4 Å². The van der Waals surface area contributed by atoms with Crippen LogP contribution in [0.2, 0.25) is 4.34 Å². The highest BCUT2D eigenvalue weighted by Crippen LogP contribution is 2.32. The van der Waals surface area contributed by atoms with Gasteiger partial charge in [-0.3, -0.25) is 14.9 Å². The average Bonchev–Trinajstić information content (AvgIpc) is 3.01. The number of hydrogen-bond donors (Lipinski definition) is 1. The van der Waals surface area contributed by atoms with Crippen molar-refractivity contribution in [2.45, 2.75) is 6.92 Å². The topological polar surface area (TPSA) is 85.1 Å². The van der Waals surface area contributed by atoms with E-state index in [1.807, 2.05) is 18.2 Å². The maximum Gasteiger partial charge on any atom is 0.293 e. The number of rotatable bonds is 5. The highest BCUT2D eigenvalue weighted by Gasteiger charge is 2.16. The van der Waals surface area contributed by atoms with Crippen LogP contribution in [0.4, 0.5) is 17.1 Å². The maximum atomic E-state index is 11.4. The minimum absolute atomic E-state index is 0.157. The van der Waals surface area contributed by atoms with E-state index in [9.17, 15) is 14.9 Å². The Morgan fingerprint density at radius 1 is 1.28 bits per heavy atom. The Balaban J connectivity index is 1.95. The van der Waals surface area contributed by atoms with E-state index in [1.54, 1.807) is 18.3 Å². The van der Waals surface area contributed by atoms with Gasteiger partial charge >= 0.3 is 0 Å². The van der Waals surface area contributed by atoms with E-state index in [4.69, 9.17) is 11.6 Å². The fourth-order valence-electron chi connectivity index (χ4n) is 2.28. The standard InChI is InChI=1S/C17H12ClN3O3S/c1-10(22)11-5-6-14(15(8-11)21(23)24)20-13-4-2-3-12(7-13)17-19-9-16(18)25-17/h2-9,20H,1H3. The van der Waals surface area contributed by atoms with Crippen LogP contribution in [0.5, 0.6) is 0 Å². The van der Waals surface area contributed by atoms with Gasteiger partial charge in [0, 0.05) is 22.9 Å². The lowest BCUT2D eigenvalue weighted by Crippen LogP contribution is -2.00. The van der Waals surface area contributed by atoms with Crippen molar-refractivity contribution in [3.8, 4) is 10.6 Å². The van der Waals surface area contributed by atoms with Gasteiger partial charge in [-0.15, -0.1) is 11.3 Å². The van der Waals surface area contributed by atoms with Gasteiger partial charge < -0.3 is 5.32 Å². The number of nitrogens with one attached hydrogen (secondary N) is 1. The van der Waals surface area contributed by atoms with Crippen LogP contribution in [0.3, 0.4) is 0 Å². The first-order valence-corrected chi connectivity index (χ1v) is 8.41. The largest absolute Gasteiger partial charge is 0.350 e. The molecule has 1 N–H and O–H groups in total. The molecule has 2 aromatic carbocycles. The summed E-state index contributed by atoms with van der Waals surface area (Å²) in [6.07, 6.45) is 1.58. The van der Waals surface area contributed by atoms with Crippen molar-refractivity contribution in [2.24, 2.45) is 0 Å². The van der Waals surface area contributed by atoms with E-state index in [0.717, 1.165) is 10.6 Å². The number of ketones is 1. The molecule has 1 heterocycles. The molecule has 3 rings (SSSR count). The fraction of sp³-hybridized carbons (Fsp3) is 0.0588. The van der Waals surface area contributed by atoms with Crippen LogP contribution in [0, 0.1) is 10.1 Å². The van der Waals surface area contributed by atoms with Crippen LogP contribution in [0.15, 0.2) is 48.7 Å². The van der Waals surface area contributed by atoms with E-state index in [-0.39, 0.29) is 11.5 Å². The Kier molecular flexibility index (Phi) is 4.78. The molecule has 6 nitrogen and oxygen atoms in total. The van der Waals surface area contributed by atoms with E-state index < -0.39 is 4.92 Å². The third kappa shape index (κ3) is 3.84. The van der Waals surface area contributed by atoms with Crippen molar-refractivity contribution in [3.63, 3.8) is 0 Å². The molecule has 0 atom stereocenters. The maximum absolute atomic E-state index is 11.4. The minimum atomic E-state index is -0.515. The second-order valence-corrected chi connectivity index (χ2v) is 6.88. The Bertz CT molecular complexity index is 971. The number of thiazole rings is 1. The molecule has 1 aromatic heterocycles. The molecule has 0 aliphatic heterocycles. The molecule has 0 spiro atoms. The summed E-state index contributed by atoms with van der Waals surface area (Å²) in [5, 5.41) is 15.1. The van der Waals surface area contributed by atoms with Crippen molar-refractivity contribution in [3.05, 3.63) is 68.7 Å². The number of Topliss-reactive ketones (excluding diaryl/α,β-unsaturated/α-hetero) is 1. The molecule has 0 fully saturated rings. The zero-order valence-electron chi connectivity index (χ0n) is 13.0. The number of halogens is 1. The lowest BCUT2D eigenvalue weighted by Gasteiger charge is -2.09. The van der Waals surface area contributed by atoms with Gasteiger partial charge in [-0.2, -0.15) is 0 Å². The SMILES string of the molecule is CC(=O)c1ccc(Nc2cccc(-c3ncc(Cl)s3)c2)c([N+](=O)[O-])c1. The molecule has 126 valence electrons. The molecule has 0 radical (unpaired) electrons. The van der Waals surface area contributed by atoms with E-state index in [2.05, 4.69) is 10.3 Å². The molecule has 0 unspecified atom stereocenters. The van der Waals surface area contributed by atoms with Gasteiger partial charge in [-0.05, 0) is 31.2 Å². The normalized spacial score (nSPS) is 10.5. The summed E-state index contributed by atoms with van der Waals surface area (Å²) in [6.45, 7) is 1.37. The summed E-state index contributed by atoms with van der Waals surface area (Å²) >= 11 is 7.26. The second-order valence-electron chi connectivity index (χ2n) is 5.22. The number of nitro groups is 1. The summed E-state index contributed by atoms with van der Waals surface area (Å²) in [7, 11) is 0. The number of carbonyl (C=O) groups excluding carboxylic acids is 1. The molecular formula is C17H12ClN3O3S. The zero-order chi connectivity index (χ0) is 18.0. The third-order valence-corrected chi connectivity index (χ3v) is 4.63. The van der Waals surface area contributed by atoms with Crippen molar-refractivity contribution in [1.82, 2.24) is 4.98 Å². The van der Waals surface area contributed by atoms with Crippen molar-refractivity contribution in [1.29, 1.82) is 0 Å². The molecule has 0 saturated heterocycles. The fourth-order valence-corrected chi connectivity index (χ4v) is 3.19. The Labute approximate surface area is 152 Å². The number of hydrogen-bond acceptors (Lipinski definition) is 6. The van der Waals surface area contributed by atoms with Gasteiger partial charge in [0.1, 0.15) is 15.0 Å². The predicted octanol–water partition coefficient (Wildman–Crippen LogP) is 5.32. The first kappa shape index (κ1) is 17.1. The number of nitro benzene ring substituents is 1. The molecule has 8 heteroatoms. The molecule has 0 aliphatic rings. The number of nitrogens with zero attached hydrogens (tertiary/aromatic N) is 2. The number of anilines is 2. The van der Waals surface area contributed by atoms with Gasteiger partial charge in [0.15, 0.2) is 5.78 Å². The van der Waals surface area contributed by atoms with Crippen molar-refractivity contribution < 1.29 is 9.72 Å². The van der Waals surface area contributed by atoms with Crippen LogP contribution in [0.1, 0.15) is 17.3 Å². The first-order chi connectivity index (χ1) is 11.9.